The SMILES string of the molecule is Cc1ccccc1NC(=O)N(CCCCCCN)C(C)c1nc2ccccc2c(=O)[nH]1. The summed E-state index contributed by atoms with van der Waals surface area (Å²) in [5.41, 5.74) is 7.77. The Kier molecular flexibility index (Phi) is 7.78. The molecule has 3 aromatic rings. The number of aryl methyl sites for hydroxylation is 1. The number of rotatable bonds is 9. The van der Waals surface area contributed by atoms with E-state index in [0.29, 0.717) is 29.8 Å². The Morgan fingerprint density at radius 3 is 2.58 bits per heavy atom. The van der Waals surface area contributed by atoms with Gasteiger partial charge in [-0.15, -0.1) is 0 Å². The zero-order chi connectivity index (χ0) is 22.2. The van der Waals surface area contributed by atoms with E-state index in [-0.39, 0.29) is 11.6 Å². The van der Waals surface area contributed by atoms with E-state index in [1.54, 1.807) is 11.0 Å². The maximum atomic E-state index is 13.2. The molecule has 0 saturated carbocycles. The van der Waals surface area contributed by atoms with Crippen LogP contribution in [0.1, 0.15) is 50.0 Å². The molecule has 0 saturated heterocycles. The molecule has 1 heterocycles. The van der Waals surface area contributed by atoms with E-state index in [9.17, 15) is 9.59 Å². The molecular formula is C24H31N5O2. The number of aromatic nitrogens is 2. The third-order valence-electron chi connectivity index (χ3n) is 5.50. The number of hydrogen-bond acceptors (Lipinski definition) is 4. The van der Waals surface area contributed by atoms with Crippen LogP contribution in [-0.2, 0) is 0 Å². The van der Waals surface area contributed by atoms with Crippen molar-refractivity contribution in [3.8, 4) is 0 Å². The van der Waals surface area contributed by atoms with Gasteiger partial charge in [0, 0.05) is 12.2 Å². The second-order valence-corrected chi connectivity index (χ2v) is 7.79. The average molecular weight is 422 g/mol. The fourth-order valence-electron chi connectivity index (χ4n) is 3.60. The number of carbonyl (C=O) groups excluding carboxylic acids is 1. The highest BCUT2D eigenvalue weighted by Gasteiger charge is 2.24. The van der Waals surface area contributed by atoms with Crippen molar-refractivity contribution in [2.75, 3.05) is 18.4 Å². The number of unbranched alkanes of at least 4 members (excludes halogenated alkanes) is 3. The number of nitrogens with two attached hydrogens (primary N) is 1. The van der Waals surface area contributed by atoms with Crippen LogP contribution >= 0.6 is 0 Å². The highest BCUT2D eigenvalue weighted by molar-refractivity contribution is 5.90. The van der Waals surface area contributed by atoms with Crippen molar-refractivity contribution < 1.29 is 4.79 Å². The number of amides is 2. The number of hydrogen-bond donors (Lipinski definition) is 3. The van der Waals surface area contributed by atoms with Crippen LogP contribution in [0, 0.1) is 6.92 Å². The molecule has 7 nitrogen and oxygen atoms in total. The van der Waals surface area contributed by atoms with Crippen LogP contribution in [0.5, 0.6) is 0 Å². The molecule has 7 heteroatoms. The lowest BCUT2D eigenvalue weighted by atomic mass is 10.1. The monoisotopic (exact) mass is 421 g/mol. The van der Waals surface area contributed by atoms with Gasteiger partial charge in [0.1, 0.15) is 5.82 Å². The first-order valence-electron chi connectivity index (χ1n) is 10.8. The first-order chi connectivity index (χ1) is 15.0. The number of urea groups is 1. The molecule has 0 bridgehead atoms. The Balaban J connectivity index is 1.84. The van der Waals surface area contributed by atoms with E-state index in [1.807, 2.05) is 56.3 Å². The molecule has 1 aromatic heterocycles. The number of benzene rings is 2. The van der Waals surface area contributed by atoms with Gasteiger partial charge in [0.05, 0.1) is 16.9 Å². The number of nitrogens with zero attached hydrogens (tertiary/aromatic N) is 2. The van der Waals surface area contributed by atoms with E-state index in [1.165, 1.54) is 0 Å². The minimum absolute atomic E-state index is 0.199. The maximum absolute atomic E-state index is 13.2. The lowest BCUT2D eigenvalue weighted by molar-refractivity contribution is 0.188. The molecule has 0 aliphatic heterocycles. The van der Waals surface area contributed by atoms with Gasteiger partial charge < -0.3 is 20.9 Å². The highest BCUT2D eigenvalue weighted by Crippen LogP contribution is 2.21. The molecule has 3 rings (SSSR count). The predicted molar refractivity (Wildman–Crippen MR) is 125 cm³/mol. The first kappa shape index (κ1) is 22.5. The minimum atomic E-state index is -0.393. The zero-order valence-corrected chi connectivity index (χ0v) is 18.2. The summed E-state index contributed by atoms with van der Waals surface area (Å²) < 4.78 is 0. The Morgan fingerprint density at radius 1 is 1.10 bits per heavy atom. The summed E-state index contributed by atoms with van der Waals surface area (Å²) in [6.07, 6.45) is 3.84. The van der Waals surface area contributed by atoms with Gasteiger partial charge in [-0.2, -0.15) is 0 Å². The highest BCUT2D eigenvalue weighted by atomic mass is 16.2. The predicted octanol–water partition coefficient (Wildman–Crippen LogP) is 4.35. The van der Waals surface area contributed by atoms with Crippen molar-refractivity contribution in [2.45, 2.75) is 45.6 Å². The number of nitrogens with one attached hydrogen (secondary N) is 2. The number of anilines is 1. The number of fused-ring (bicyclic) bond motifs is 1. The number of carbonyl (C=O) groups is 1. The van der Waals surface area contributed by atoms with E-state index < -0.39 is 6.04 Å². The fourth-order valence-corrected chi connectivity index (χ4v) is 3.60. The summed E-state index contributed by atoms with van der Waals surface area (Å²) in [7, 11) is 0. The van der Waals surface area contributed by atoms with Gasteiger partial charge in [-0.1, -0.05) is 43.2 Å². The summed E-state index contributed by atoms with van der Waals surface area (Å²) in [4.78, 5) is 35.0. The molecule has 2 aromatic carbocycles. The molecule has 1 atom stereocenters. The van der Waals surface area contributed by atoms with Crippen LogP contribution in [-0.4, -0.2) is 34.0 Å². The normalized spacial score (nSPS) is 12.0. The summed E-state index contributed by atoms with van der Waals surface area (Å²) >= 11 is 0. The Hall–Kier alpha value is -3.19. The summed E-state index contributed by atoms with van der Waals surface area (Å²) in [6, 6.07) is 14.3. The third-order valence-corrected chi connectivity index (χ3v) is 5.50. The van der Waals surface area contributed by atoms with Gasteiger partial charge >= 0.3 is 6.03 Å². The molecule has 0 fully saturated rings. The van der Waals surface area contributed by atoms with E-state index in [2.05, 4.69) is 15.3 Å². The van der Waals surface area contributed by atoms with Crippen LogP contribution in [0.4, 0.5) is 10.5 Å². The molecule has 164 valence electrons. The number of H-pyrrole nitrogens is 1. The van der Waals surface area contributed by atoms with Crippen molar-refractivity contribution in [1.82, 2.24) is 14.9 Å². The molecule has 0 aliphatic carbocycles. The van der Waals surface area contributed by atoms with Crippen LogP contribution < -0.4 is 16.6 Å². The average Bonchev–Trinajstić information content (AvgIpc) is 2.77. The lowest BCUT2D eigenvalue weighted by Gasteiger charge is -2.29. The maximum Gasteiger partial charge on any atom is 0.322 e. The van der Waals surface area contributed by atoms with Gasteiger partial charge in [0.15, 0.2) is 0 Å². The van der Waals surface area contributed by atoms with Crippen LogP contribution in [0.15, 0.2) is 53.3 Å². The van der Waals surface area contributed by atoms with Crippen LogP contribution in [0.2, 0.25) is 0 Å². The number of aromatic amines is 1. The standard InChI is InChI=1S/C24H31N5O2/c1-17-11-5-7-13-20(17)27-24(31)29(16-10-4-3-9-15-25)18(2)22-26-21-14-8-6-12-19(21)23(30)28-22/h5-8,11-14,18H,3-4,9-10,15-16,25H2,1-2H3,(H,27,31)(H,26,28,30). The number of para-hydroxylation sites is 2. The van der Waals surface area contributed by atoms with Crippen LogP contribution in [0.3, 0.4) is 0 Å². The van der Waals surface area contributed by atoms with Gasteiger partial charge in [0.25, 0.3) is 5.56 Å². The Labute approximate surface area is 182 Å². The quantitative estimate of drug-likeness (QED) is 0.447. The van der Waals surface area contributed by atoms with Crippen molar-refractivity contribution >= 4 is 22.6 Å². The molecule has 31 heavy (non-hydrogen) atoms. The zero-order valence-electron chi connectivity index (χ0n) is 18.2. The van der Waals surface area contributed by atoms with Crippen molar-refractivity contribution in [3.05, 3.63) is 70.3 Å². The molecule has 2 amide bonds. The van der Waals surface area contributed by atoms with Crippen molar-refractivity contribution in [3.63, 3.8) is 0 Å². The van der Waals surface area contributed by atoms with Gasteiger partial charge in [-0.05, 0) is 57.0 Å². The smallest absolute Gasteiger partial charge is 0.322 e. The molecule has 1 unspecified atom stereocenters. The summed E-state index contributed by atoms with van der Waals surface area (Å²) in [5, 5.41) is 3.55. The Bertz CT molecular complexity index is 1080. The minimum Gasteiger partial charge on any atom is -0.330 e. The van der Waals surface area contributed by atoms with E-state index in [4.69, 9.17) is 5.73 Å². The van der Waals surface area contributed by atoms with Gasteiger partial charge in [0.2, 0.25) is 0 Å². The van der Waals surface area contributed by atoms with E-state index >= 15 is 0 Å². The molecule has 0 radical (unpaired) electrons. The largest absolute Gasteiger partial charge is 0.330 e. The van der Waals surface area contributed by atoms with E-state index in [0.717, 1.165) is 36.9 Å². The Morgan fingerprint density at radius 2 is 1.81 bits per heavy atom. The third kappa shape index (κ3) is 5.70. The van der Waals surface area contributed by atoms with Crippen molar-refractivity contribution in [2.24, 2.45) is 5.73 Å². The molecule has 0 aliphatic rings. The fraction of sp³-hybridized carbons (Fsp3) is 0.375. The van der Waals surface area contributed by atoms with Crippen molar-refractivity contribution in [1.29, 1.82) is 0 Å². The van der Waals surface area contributed by atoms with Gasteiger partial charge in [-0.3, -0.25) is 4.79 Å². The second kappa shape index (κ2) is 10.7. The molecule has 4 N–H and O–H groups in total. The summed E-state index contributed by atoms with van der Waals surface area (Å²) in [6.45, 7) is 5.08. The van der Waals surface area contributed by atoms with Crippen LogP contribution in [0.25, 0.3) is 10.9 Å². The summed E-state index contributed by atoms with van der Waals surface area (Å²) in [5.74, 6) is 0.477. The topological polar surface area (TPSA) is 104 Å². The molecular weight excluding hydrogens is 390 g/mol. The second-order valence-electron chi connectivity index (χ2n) is 7.79. The lowest BCUT2D eigenvalue weighted by Crippen LogP contribution is -2.39. The van der Waals surface area contributed by atoms with Gasteiger partial charge in [-0.25, -0.2) is 9.78 Å². The molecule has 0 spiro atoms. The first-order valence-corrected chi connectivity index (χ1v) is 10.8.